The fourth-order valence-electron chi connectivity index (χ4n) is 3.53. The second-order valence-corrected chi connectivity index (χ2v) is 11.5. The number of allylic oxidation sites excluding steroid dienone is 4. The molecule has 30 heavy (non-hydrogen) atoms. The van der Waals surface area contributed by atoms with Crippen molar-refractivity contribution in [2.24, 2.45) is 4.99 Å². The van der Waals surface area contributed by atoms with E-state index in [1.54, 1.807) is 24.4 Å². The van der Waals surface area contributed by atoms with Crippen LogP contribution in [0.1, 0.15) is 25.0 Å². The van der Waals surface area contributed by atoms with Gasteiger partial charge in [0.1, 0.15) is 6.10 Å². The molecule has 0 N–H and O–H groups in total. The third kappa shape index (κ3) is 4.52. The van der Waals surface area contributed by atoms with Crippen LogP contribution in [0, 0.1) is 0 Å². The van der Waals surface area contributed by atoms with Gasteiger partial charge in [-0.25, -0.2) is 26.1 Å². The molecule has 0 aromatic carbocycles. The van der Waals surface area contributed by atoms with Crippen molar-refractivity contribution in [1.82, 2.24) is 14.3 Å². The molecule has 1 aromatic rings. The first-order valence-electron chi connectivity index (χ1n) is 9.46. The lowest BCUT2D eigenvalue weighted by atomic mass is 10.0. The van der Waals surface area contributed by atoms with Crippen LogP contribution in [0.2, 0.25) is 0 Å². The summed E-state index contributed by atoms with van der Waals surface area (Å²) >= 11 is 0. The molecule has 1 fully saturated rings. The van der Waals surface area contributed by atoms with E-state index in [-0.39, 0.29) is 12.1 Å². The van der Waals surface area contributed by atoms with Gasteiger partial charge in [-0.1, -0.05) is 6.08 Å². The van der Waals surface area contributed by atoms with Crippen molar-refractivity contribution >= 4 is 31.3 Å². The van der Waals surface area contributed by atoms with Gasteiger partial charge in [-0.05, 0) is 36.6 Å². The topological polar surface area (TPSA) is 119 Å². The molecule has 4 rings (SSSR count). The van der Waals surface area contributed by atoms with E-state index < -0.39 is 19.9 Å². The Morgan fingerprint density at radius 1 is 1.10 bits per heavy atom. The zero-order chi connectivity index (χ0) is 21.5. The summed E-state index contributed by atoms with van der Waals surface area (Å²) in [6, 6.07) is 1.93. The predicted molar refractivity (Wildman–Crippen MR) is 113 cm³/mol. The van der Waals surface area contributed by atoms with E-state index in [1.807, 2.05) is 6.08 Å². The van der Waals surface area contributed by atoms with E-state index in [0.717, 1.165) is 11.3 Å². The highest BCUT2D eigenvalue weighted by Crippen LogP contribution is 2.31. The second-order valence-electron chi connectivity index (χ2n) is 7.47. The SMILES string of the molecule is CS(=O)(=O)C1=CCC2=NC(c3ccnc(OC4CCN(S(C)(=O)=O)CC4)n3)=CC2=C1. The third-order valence-corrected chi connectivity index (χ3v) is 7.59. The van der Waals surface area contributed by atoms with E-state index in [9.17, 15) is 16.8 Å². The molecule has 0 saturated carbocycles. The highest BCUT2D eigenvalue weighted by Gasteiger charge is 2.27. The maximum absolute atomic E-state index is 11.8. The minimum absolute atomic E-state index is 0.158. The van der Waals surface area contributed by atoms with E-state index in [2.05, 4.69) is 15.0 Å². The number of nitrogens with zero attached hydrogens (tertiary/aromatic N) is 4. The van der Waals surface area contributed by atoms with Crippen molar-refractivity contribution in [2.75, 3.05) is 25.6 Å². The van der Waals surface area contributed by atoms with Gasteiger partial charge in [0.25, 0.3) is 0 Å². The van der Waals surface area contributed by atoms with Crippen molar-refractivity contribution in [2.45, 2.75) is 25.4 Å². The van der Waals surface area contributed by atoms with Crippen LogP contribution >= 0.6 is 0 Å². The number of hydrogen-bond donors (Lipinski definition) is 0. The van der Waals surface area contributed by atoms with Gasteiger partial charge < -0.3 is 4.74 Å². The average Bonchev–Trinajstić information content (AvgIpc) is 3.11. The van der Waals surface area contributed by atoms with Crippen LogP contribution in [-0.4, -0.2) is 68.5 Å². The summed E-state index contributed by atoms with van der Waals surface area (Å²) in [7, 11) is -6.46. The summed E-state index contributed by atoms with van der Waals surface area (Å²) < 4.78 is 54.1. The van der Waals surface area contributed by atoms with Gasteiger partial charge in [0.05, 0.1) is 28.3 Å². The Kier molecular flexibility index (Phi) is 5.37. The van der Waals surface area contributed by atoms with Gasteiger partial charge in [0.15, 0.2) is 9.84 Å². The Morgan fingerprint density at radius 2 is 1.83 bits per heavy atom. The van der Waals surface area contributed by atoms with Crippen LogP contribution in [0.15, 0.2) is 46.0 Å². The van der Waals surface area contributed by atoms with Gasteiger partial charge in [0.2, 0.25) is 10.0 Å². The van der Waals surface area contributed by atoms with Crippen molar-refractivity contribution in [3.05, 3.63) is 46.7 Å². The maximum Gasteiger partial charge on any atom is 0.317 e. The largest absolute Gasteiger partial charge is 0.460 e. The molecule has 0 radical (unpaired) electrons. The van der Waals surface area contributed by atoms with Gasteiger partial charge in [-0.15, -0.1) is 0 Å². The van der Waals surface area contributed by atoms with E-state index in [0.29, 0.717) is 48.6 Å². The van der Waals surface area contributed by atoms with E-state index >= 15 is 0 Å². The van der Waals surface area contributed by atoms with Gasteiger partial charge in [-0.2, -0.15) is 4.98 Å². The third-order valence-electron chi connectivity index (χ3n) is 5.14. The number of ether oxygens (including phenoxy) is 1. The van der Waals surface area contributed by atoms with E-state index in [1.165, 1.54) is 16.8 Å². The molecule has 11 heteroatoms. The Hall–Kier alpha value is -2.37. The van der Waals surface area contributed by atoms with Crippen molar-refractivity contribution in [3.63, 3.8) is 0 Å². The molecule has 0 bridgehead atoms. The first kappa shape index (κ1) is 20.9. The fourth-order valence-corrected chi connectivity index (χ4v) is 5.13. The zero-order valence-corrected chi connectivity index (χ0v) is 18.3. The number of aliphatic imine (C=N–C) groups is 1. The Labute approximate surface area is 175 Å². The molecular formula is C19H22N4O5S2. The van der Waals surface area contributed by atoms with Crippen LogP contribution in [0.25, 0.3) is 5.70 Å². The molecule has 9 nitrogen and oxygen atoms in total. The summed E-state index contributed by atoms with van der Waals surface area (Å²) in [6.07, 6.45) is 10.5. The van der Waals surface area contributed by atoms with Crippen LogP contribution in [0.4, 0.5) is 0 Å². The summed E-state index contributed by atoms with van der Waals surface area (Å²) in [4.78, 5) is 13.5. The maximum atomic E-state index is 11.8. The molecule has 1 aliphatic carbocycles. The molecule has 0 unspecified atom stereocenters. The number of hydrogen-bond acceptors (Lipinski definition) is 8. The molecule has 1 aromatic heterocycles. The smallest absolute Gasteiger partial charge is 0.317 e. The summed E-state index contributed by atoms with van der Waals surface area (Å²) in [5.74, 6) is 0. The molecule has 2 aliphatic heterocycles. The normalized spacial score (nSPS) is 20.7. The Balaban J connectivity index is 1.47. The predicted octanol–water partition coefficient (Wildman–Crippen LogP) is 1.33. The van der Waals surface area contributed by atoms with Gasteiger partial charge >= 0.3 is 6.01 Å². The standard InChI is InChI=1S/C19H22N4O5S2/c1-29(24,25)15-3-4-16-13(11-15)12-18(21-16)17-5-8-20-19(22-17)28-14-6-9-23(10-7-14)30(2,26)27/h3,5,8,11-12,14H,4,6-7,9-10H2,1-2H3. The summed E-state index contributed by atoms with van der Waals surface area (Å²) in [6.45, 7) is 0.817. The van der Waals surface area contributed by atoms with Crippen LogP contribution in [0.5, 0.6) is 6.01 Å². The minimum atomic E-state index is -3.27. The van der Waals surface area contributed by atoms with Crippen molar-refractivity contribution in [3.8, 4) is 6.01 Å². The monoisotopic (exact) mass is 450 g/mol. The molecular weight excluding hydrogens is 428 g/mol. The molecule has 3 aliphatic rings. The quantitative estimate of drug-likeness (QED) is 0.664. The van der Waals surface area contributed by atoms with Crippen molar-refractivity contribution < 1.29 is 21.6 Å². The van der Waals surface area contributed by atoms with Crippen molar-refractivity contribution in [1.29, 1.82) is 0 Å². The Bertz CT molecular complexity index is 1210. The molecule has 1 saturated heterocycles. The molecule has 160 valence electrons. The molecule has 0 spiro atoms. The summed E-state index contributed by atoms with van der Waals surface area (Å²) in [5.41, 5.74) is 2.77. The van der Waals surface area contributed by atoms with Gasteiger partial charge in [-0.3, -0.25) is 4.99 Å². The minimum Gasteiger partial charge on any atom is -0.460 e. The fraction of sp³-hybridized carbons (Fsp3) is 0.421. The highest BCUT2D eigenvalue weighted by atomic mass is 32.2. The molecule has 3 heterocycles. The number of aromatic nitrogens is 2. The number of sulfonamides is 1. The van der Waals surface area contributed by atoms with Crippen LogP contribution in [0.3, 0.4) is 0 Å². The summed E-state index contributed by atoms with van der Waals surface area (Å²) in [5, 5.41) is 0. The number of fused-ring (bicyclic) bond motifs is 1. The lowest BCUT2D eigenvalue weighted by molar-refractivity contribution is 0.124. The lowest BCUT2D eigenvalue weighted by Gasteiger charge is -2.29. The first-order chi connectivity index (χ1) is 14.1. The molecule has 0 amide bonds. The number of piperidine rings is 1. The van der Waals surface area contributed by atoms with Gasteiger partial charge in [0, 0.05) is 32.0 Å². The second kappa shape index (κ2) is 7.71. The van der Waals surface area contributed by atoms with Crippen LogP contribution < -0.4 is 4.74 Å². The van der Waals surface area contributed by atoms with Crippen LogP contribution in [-0.2, 0) is 19.9 Å². The average molecular weight is 451 g/mol. The number of rotatable bonds is 5. The Morgan fingerprint density at radius 3 is 2.50 bits per heavy atom. The first-order valence-corrected chi connectivity index (χ1v) is 13.2. The zero-order valence-electron chi connectivity index (χ0n) is 16.6. The highest BCUT2D eigenvalue weighted by molar-refractivity contribution is 7.94. The molecule has 0 atom stereocenters. The number of sulfone groups is 1. The van der Waals surface area contributed by atoms with E-state index in [4.69, 9.17) is 4.74 Å². The lowest BCUT2D eigenvalue weighted by Crippen LogP contribution is -2.41.